The first-order valence-electron chi connectivity index (χ1n) is 7.02. The summed E-state index contributed by atoms with van der Waals surface area (Å²) in [7, 11) is 1.67. The monoisotopic (exact) mass is 270 g/mol. The Morgan fingerprint density at radius 2 is 1.40 bits per heavy atom. The van der Waals surface area contributed by atoms with E-state index in [2.05, 4.69) is 26.0 Å². The first-order chi connectivity index (χ1) is 9.60. The molecule has 0 radical (unpaired) electrons. The van der Waals surface area contributed by atoms with Crippen molar-refractivity contribution < 1.29 is 9.84 Å². The summed E-state index contributed by atoms with van der Waals surface area (Å²) in [6.45, 7) is 4.24. The van der Waals surface area contributed by atoms with Gasteiger partial charge in [-0.2, -0.15) is 0 Å². The summed E-state index contributed by atoms with van der Waals surface area (Å²) in [6.07, 6.45) is 0.418. The summed E-state index contributed by atoms with van der Waals surface area (Å²) < 4.78 is 5.16. The molecule has 0 fully saturated rings. The van der Waals surface area contributed by atoms with Gasteiger partial charge in [0.15, 0.2) is 0 Å². The molecule has 0 heterocycles. The molecule has 2 aromatic carbocycles. The van der Waals surface area contributed by atoms with Gasteiger partial charge in [0.1, 0.15) is 5.75 Å². The van der Waals surface area contributed by atoms with Crippen molar-refractivity contribution in [3.8, 4) is 16.9 Å². The van der Waals surface area contributed by atoms with Gasteiger partial charge in [0.05, 0.1) is 13.2 Å². The highest BCUT2D eigenvalue weighted by Gasteiger charge is 2.09. The highest BCUT2D eigenvalue weighted by atomic mass is 16.5. The molecule has 2 nitrogen and oxygen atoms in total. The van der Waals surface area contributed by atoms with Gasteiger partial charge in [0.25, 0.3) is 0 Å². The molecule has 0 spiro atoms. The summed E-state index contributed by atoms with van der Waals surface area (Å²) in [6, 6.07) is 16.1. The topological polar surface area (TPSA) is 29.5 Å². The average molecular weight is 270 g/mol. The molecule has 1 N–H and O–H groups in total. The summed E-state index contributed by atoms with van der Waals surface area (Å²) in [5.74, 6) is 1.35. The van der Waals surface area contributed by atoms with Crippen molar-refractivity contribution in [1.82, 2.24) is 0 Å². The predicted molar refractivity (Wildman–Crippen MR) is 82.8 cm³/mol. The molecule has 20 heavy (non-hydrogen) atoms. The van der Waals surface area contributed by atoms with E-state index in [0.717, 1.165) is 28.9 Å². The lowest BCUT2D eigenvalue weighted by Crippen LogP contribution is -2.01. The third kappa shape index (κ3) is 3.61. The van der Waals surface area contributed by atoms with Crippen molar-refractivity contribution in [3.05, 3.63) is 54.1 Å². The number of aliphatic hydroxyl groups is 1. The Labute approximate surface area is 121 Å². The minimum Gasteiger partial charge on any atom is -0.497 e. The van der Waals surface area contributed by atoms with E-state index in [1.807, 2.05) is 36.4 Å². The molecule has 0 aliphatic rings. The molecule has 0 bridgehead atoms. The molecule has 1 atom stereocenters. The van der Waals surface area contributed by atoms with Crippen LogP contribution in [0.4, 0.5) is 0 Å². The second kappa shape index (κ2) is 6.58. The van der Waals surface area contributed by atoms with Crippen LogP contribution in [0.3, 0.4) is 0 Å². The smallest absolute Gasteiger partial charge is 0.118 e. The van der Waals surface area contributed by atoms with Crippen LogP contribution in [0, 0.1) is 5.92 Å². The van der Waals surface area contributed by atoms with Crippen molar-refractivity contribution in [2.75, 3.05) is 7.11 Å². The lowest BCUT2D eigenvalue weighted by Gasteiger charge is -2.14. The predicted octanol–water partition coefficient (Wildman–Crippen LogP) is 4.44. The summed E-state index contributed by atoms with van der Waals surface area (Å²) in [5, 5.41) is 10.1. The minimum atomic E-state index is -0.375. The van der Waals surface area contributed by atoms with Crippen LogP contribution in [0.2, 0.25) is 0 Å². The Hall–Kier alpha value is -1.80. The number of rotatable bonds is 5. The van der Waals surface area contributed by atoms with Crippen molar-refractivity contribution in [3.63, 3.8) is 0 Å². The third-order valence-electron chi connectivity index (χ3n) is 3.41. The summed E-state index contributed by atoms with van der Waals surface area (Å²) in [4.78, 5) is 0. The Morgan fingerprint density at radius 1 is 0.900 bits per heavy atom. The summed E-state index contributed by atoms with van der Waals surface area (Å²) >= 11 is 0. The van der Waals surface area contributed by atoms with E-state index < -0.39 is 0 Å². The molecule has 0 saturated carbocycles. The number of aliphatic hydroxyl groups excluding tert-OH is 1. The molecule has 106 valence electrons. The van der Waals surface area contributed by atoms with E-state index in [-0.39, 0.29) is 6.10 Å². The second-order valence-electron chi connectivity index (χ2n) is 5.50. The zero-order valence-corrected chi connectivity index (χ0v) is 12.3. The van der Waals surface area contributed by atoms with Gasteiger partial charge in [0.2, 0.25) is 0 Å². The molecule has 0 aromatic heterocycles. The van der Waals surface area contributed by atoms with E-state index in [1.165, 1.54) is 0 Å². The molecule has 2 rings (SSSR count). The van der Waals surface area contributed by atoms with Gasteiger partial charge in [-0.25, -0.2) is 0 Å². The molecular formula is C18H22O2. The van der Waals surface area contributed by atoms with Gasteiger partial charge in [-0.3, -0.25) is 0 Å². The average Bonchev–Trinajstić information content (AvgIpc) is 2.47. The van der Waals surface area contributed by atoms with E-state index >= 15 is 0 Å². The third-order valence-corrected chi connectivity index (χ3v) is 3.41. The Kier molecular flexibility index (Phi) is 4.80. The van der Waals surface area contributed by atoms with Crippen LogP contribution >= 0.6 is 0 Å². The Bertz CT molecular complexity index is 526. The molecule has 0 amide bonds. The number of hydrogen-bond donors (Lipinski definition) is 1. The second-order valence-corrected chi connectivity index (χ2v) is 5.50. The standard InChI is InChI=1S/C18H22O2/c1-13(2)12-18(19)16-6-4-14(5-7-16)15-8-10-17(20-3)11-9-15/h4-11,13,18-19H,12H2,1-3H3. The maximum Gasteiger partial charge on any atom is 0.118 e. The maximum atomic E-state index is 10.1. The van der Waals surface area contributed by atoms with Gasteiger partial charge >= 0.3 is 0 Å². The zero-order valence-electron chi connectivity index (χ0n) is 12.3. The van der Waals surface area contributed by atoms with Crippen LogP contribution in [0.5, 0.6) is 5.75 Å². The molecule has 2 heteroatoms. The Morgan fingerprint density at radius 3 is 1.85 bits per heavy atom. The van der Waals surface area contributed by atoms with Crippen molar-refractivity contribution in [1.29, 1.82) is 0 Å². The highest BCUT2D eigenvalue weighted by Crippen LogP contribution is 2.26. The molecule has 0 saturated heterocycles. The van der Waals surface area contributed by atoms with Crippen LogP contribution in [-0.2, 0) is 0 Å². The van der Waals surface area contributed by atoms with Gasteiger partial charge in [-0.15, -0.1) is 0 Å². The number of hydrogen-bond acceptors (Lipinski definition) is 2. The lowest BCUT2D eigenvalue weighted by molar-refractivity contribution is 0.151. The quantitative estimate of drug-likeness (QED) is 0.870. The Balaban J connectivity index is 2.14. The van der Waals surface area contributed by atoms with Crippen LogP contribution in [0.25, 0.3) is 11.1 Å². The van der Waals surface area contributed by atoms with E-state index in [1.54, 1.807) is 7.11 Å². The molecule has 0 aliphatic carbocycles. The van der Waals surface area contributed by atoms with Crippen LogP contribution in [-0.4, -0.2) is 12.2 Å². The summed E-state index contributed by atoms with van der Waals surface area (Å²) in [5.41, 5.74) is 3.28. The molecule has 1 unspecified atom stereocenters. The molecule has 0 aliphatic heterocycles. The van der Waals surface area contributed by atoms with Gasteiger partial charge < -0.3 is 9.84 Å². The van der Waals surface area contributed by atoms with E-state index in [0.29, 0.717) is 5.92 Å². The lowest BCUT2D eigenvalue weighted by atomic mass is 9.97. The van der Waals surface area contributed by atoms with E-state index in [4.69, 9.17) is 4.74 Å². The van der Waals surface area contributed by atoms with Crippen molar-refractivity contribution in [2.24, 2.45) is 5.92 Å². The minimum absolute atomic E-state index is 0.375. The SMILES string of the molecule is COc1ccc(-c2ccc(C(O)CC(C)C)cc2)cc1. The largest absolute Gasteiger partial charge is 0.497 e. The zero-order chi connectivity index (χ0) is 14.5. The fourth-order valence-corrected chi connectivity index (χ4v) is 2.26. The van der Waals surface area contributed by atoms with Crippen LogP contribution in [0.1, 0.15) is 31.9 Å². The van der Waals surface area contributed by atoms with Crippen LogP contribution < -0.4 is 4.74 Å². The van der Waals surface area contributed by atoms with E-state index in [9.17, 15) is 5.11 Å². The van der Waals surface area contributed by atoms with Gasteiger partial charge in [-0.1, -0.05) is 50.2 Å². The van der Waals surface area contributed by atoms with Crippen molar-refractivity contribution >= 4 is 0 Å². The molecule has 2 aromatic rings. The first-order valence-corrected chi connectivity index (χ1v) is 7.02. The van der Waals surface area contributed by atoms with Crippen LogP contribution in [0.15, 0.2) is 48.5 Å². The van der Waals surface area contributed by atoms with Gasteiger partial charge in [0, 0.05) is 0 Å². The molecular weight excluding hydrogens is 248 g/mol. The fourth-order valence-electron chi connectivity index (χ4n) is 2.26. The number of methoxy groups -OCH3 is 1. The highest BCUT2D eigenvalue weighted by molar-refractivity contribution is 5.64. The number of ether oxygens (including phenoxy) is 1. The number of benzene rings is 2. The fraction of sp³-hybridized carbons (Fsp3) is 0.333. The van der Waals surface area contributed by atoms with Crippen molar-refractivity contribution in [2.45, 2.75) is 26.4 Å². The maximum absolute atomic E-state index is 10.1. The van der Waals surface area contributed by atoms with Gasteiger partial charge in [-0.05, 0) is 41.2 Å². The normalized spacial score (nSPS) is 12.4. The first kappa shape index (κ1) is 14.6.